The number of rotatable bonds is 10. The van der Waals surface area contributed by atoms with Crippen LogP contribution in [0.5, 0.6) is 0 Å². The predicted molar refractivity (Wildman–Crippen MR) is 187 cm³/mol. The monoisotopic (exact) mass is 690 g/mol. The van der Waals surface area contributed by atoms with Gasteiger partial charge in [0.05, 0.1) is 36.4 Å². The molecule has 3 fully saturated rings. The Bertz CT molecular complexity index is 1160. The summed E-state index contributed by atoms with van der Waals surface area (Å²) in [7, 11) is 0. The third kappa shape index (κ3) is 11.9. The molecular weight excluding hydrogens is 628 g/mol. The van der Waals surface area contributed by atoms with Gasteiger partial charge in [0.15, 0.2) is 0 Å². The molecule has 10 unspecified atom stereocenters. The summed E-state index contributed by atoms with van der Waals surface area (Å²) < 4.78 is 23.3. The molecule has 0 saturated carbocycles. The topological polar surface area (TPSA) is 142 Å². The van der Waals surface area contributed by atoms with Crippen LogP contribution in [0.4, 0.5) is 4.79 Å². The number of ether oxygens (including phenoxy) is 4. The highest BCUT2D eigenvalue weighted by Gasteiger charge is 2.47. The smallest absolute Gasteiger partial charge is 0.410 e. The Kier molecular flexibility index (Phi) is 14.7. The van der Waals surface area contributed by atoms with Crippen molar-refractivity contribution in [2.75, 3.05) is 39.4 Å². The van der Waals surface area contributed by atoms with Crippen LogP contribution < -0.4 is 0 Å². The normalized spacial score (nSPS) is 34.6. The van der Waals surface area contributed by atoms with E-state index in [1.807, 2.05) is 52.8 Å². The number of cyclic esters (lactones) is 1. The second kappa shape index (κ2) is 18.3. The summed E-state index contributed by atoms with van der Waals surface area (Å²) in [5.41, 5.74) is -0.357. The predicted octanol–water partition coefficient (Wildman–Crippen LogP) is 4.39. The largest absolute Gasteiger partial charge is 0.457 e. The molecule has 49 heavy (non-hydrogen) atoms. The summed E-state index contributed by atoms with van der Waals surface area (Å²) >= 11 is 0. The zero-order valence-corrected chi connectivity index (χ0v) is 30.5. The summed E-state index contributed by atoms with van der Waals surface area (Å²) in [6.07, 6.45) is 10.2. The van der Waals surface area contributed by atoms with Crippen molar-refractivity contribution >= 4 is 12.1 Å². The number of carbonyl (C=O) groups excluding carboxylic acids is 2. The lowest BCUT2D eigenvalue weighted by Crippen LogP contribution is -2.53. The Morgan fingerprint density at radius 3 is 2.49 bits per heavy atom. The molecule has 3 N–H and O–H groups in total. The van der Waals surface area contributed by atoms with Crippen molar-refractivity contribution in [2.24, 2.45) is 17.8 Å². The van der Waals surface area contributed by atoms with E-state index in [0.717, 1.165) is 44.7 Å². The quantitative estimate of drug-likeness (QED) is 0.131. The molecule has 4 heterocycles. The van der Waals surface area contributed by atoms with Gasteiger partial charge in [-0.05, 0) is 63.5 Å². The molecule has 0 spiro atoms. The van der Waals surface area contributed by atoms with E-state index in [-0.39, 0.29) is 42.5 Å². The van der Waals surface area contributed by atoms with Crippen molar-refractivity contribution in [1.29, 1.82) is 0 Å². The Morgan fingerprint density at radius 2 is 1.82 bits per heavy atom. The Labute approximate surface area is 293 Å². The van der Waals surface area contributed by atoms with E-state index in [4.69, 9.17) is 18.9 Å². The van der Waals surface area contributed by atoms with Gasteiger partial charge in [0.2, 0.25) is 0 Å². The molecule has 4 aliphatic heterocycles. The number of nitrogens with zero attached hydrogens (tertiary/aromatic N) is 2. The fraction of sp³-hybridized carbons (Fsp3) is 0.789. The summed E-state index contributed by atoms with van der Waals surface area (Å²) in [5, 5.41) is 31.8. The second-order valence-corrected chi connectivity index (χ2v) is 15.1. The highest BCUT2D eigenvalue weighted by Crippen LogP contribution is 2.37. The van der Waals surface area contributed by atoms with Crippen LogP contribution in [0.1, 0.15) is 86.5 Å². The van der Waals surface area contributed by atoms with Crippen molar-refractivity contribution in [3.8, 4) is 0 Å². The molecule has 11 nitrogen and oxygen atoms in total. The van der Waals surface area contributed by atoms with Crippen LogP contribution in [-0.4, -0.2) is 125 Å². The molecule has 4 aliphatic rings. The zero-order chi connectivity index (χ0) is 35.7. The van der Waals surface area contributed by atoms with Crippen LogP contribution in [0.3, 0.4) is 0 Å². The maximum absolute atomic E-state index is 13.4. The number of piperazine rings is 1. The molecule has 0 aromatic heterocycles. The number of hydrogen-bond acceptors (Lipinski definition) is 10. The van der Waals surface area contributed by atoms with Gasteiger partial charge < -0.3 is 39.2 Å². The lowest BCUT2D eigenvalue weighted by atomic mass is 9.91. The highest BCUT2D eigenvalue weighted by molar-refractivity contribution is 5.70. The highest BCUT2D eigenvalue weighted by atomic mass is 16.6. The number of esters is 1. The number of allylic oxidation sites excluding steroid dienone is 2. The summed E-state index contributed by atoms with van der Waals surface area (Å²) in [6, 6.07) is 0.512. The number of aliphatic hydroxyl groups is 3. The van der Waals surface area contributed by atoms with Crippen LogP contribution in [0.25, 0.3) is 0 Å². The van der Waals surface area contributed by atoms with Crippen molar-refractivity contribution in [2.45, 2.75) is 135 Å². The van der Waals surface area contributed by atoms with Gasteiger partial charge in [-0.15, -0.1) is 0 Å². The lowest BCUT2D eigenvalue weighted by Gasteiger charge is -2.40. The minimum Gasteiger partial charge on any atom is -0.457 e. The average Bonchev–Trinajstić information content (AvgIpc) is 3.84. The molecular formula is C38H62N2O9. The average molecular weight is 691 g/mol. The third-order valence-corrected chi connectivity index (χ3v) is 10.8. The lowest BCUT2D eigenvalue weighted by molar-refractivity contribution is -0.151. The fourth-order valence-electron chi connectivity index (χ4n) is 7.31. The molecule has 1 amide bonds. The van der Waals surface area contributed by atoms with Crippen molar-refractivity contribution in [3.63, 3.8) is 0 Å². The summed E-state index contributed by atoms with van der Waals surface area (Å²) in [5.74, 6) is -0.790. The maximum Gasteiger partial charge on any atom is 0.410 e. The second-order valence-electron chi connectivity index (χ2n) is 15.1. The van der Waals surface area contributed by atoms with E-state index >= 15 is 0 Å². The van der Waals surface area contributed by atoms with E-state index < -0.39 is 36.0 Å². The molecule has 0 aromatic rings. The first-order valence-electron chi connectivity index (χ1n) is 18.5. The standard InChI is InChI=1S/C38H62N2O9/c1-7-31(42)28(5)36-33(47-36)24-38(6,45)16-8-9-26(3)35-27(4)11-13-32(25(2)10-12-30(41)23-34(43)49-35)48-37(44)40-19-17-39(18-20-40)29-14-21-46-22-15-29/h8-9,11,13,16,25,27-33,35-36,41-42,45H,7,10,12,14-15,17-24H2,1-6H3/b13-11-,16-8+,26-9+. The number of hydrogen-bond donors (Lipinski definition) is 3. The van der Waals surface area contributed by atoms with Crippen LogP contribution in [-0.2, 0) is 23.7 Å². The van der Waals surface area contributed by atoms with E-state index in [9.17, 15) is 24.9 Å². The number of carbonyl (C=O) groups is 2. The van der Waals surface area contributed by atoms with Gasteiger partial charge in [-0.1, -0.05) is 52.0 Å². The Balaban J connectivity index is 1.39. The molecule has 0 aromatic carbocycles. The molecule has 0 bridgehead atoms. The van der Waals surface area contributed by atoms with Crippen molar-refractivity contribution in [3.05, 3.63) is 36.0 Å². The van der Waals surface area contributed by atoms with Crippen LogP contribution in [0.15, 0.2) is 36.0 Å². The van der Waals surface area contributed by atoms with Gasteiger partial charge in [-0.25, -0.2) is 4.79 Å². The van der Waals surface area contributed by atoms with Crippen LogP contribution >= 0.6 is 0 Å². The molecule has 0 aliphatic carbocycles. The van der Waals surface area contributed by atoms with Gasteiger partial charge in [-0.3, -0.25) is 9.69 Å². The van der Waals surface area contributed by atoms with Gasteiger partial charge in [0.1, 0.15) is 12.2 Å². The van der Waals surface area contributed by atoms with E-state index in [1.165, 1.54) is 0 Å². The molecule has 278 valence electrons. The summed E-state index contributed by atoms with van der Waals surface area (Å²) in [6.45, 7) is 15.9. The number of epoxide rings is 1. The van der Waals surface area contributed by atoms with E-state index in [1.54, 1.807) is 24.0 Å². The first-order valence-corrected chi connectivity index (χ1v) is 18.5. The van der Waals surface area contributed by atoms with Gasteiger partial charge in [-0.2, -0.15) is 0 Å². The third-order valence-electron chi connectivity index (χ3n) is 10.8. The molecule has 11 heteroatoms. The zero-order valence-electron chi connectivity index (χ0n) is 30.5. The number of aliphatic hydroxyl groups excluding tert-OH is 2. The molecule has 10 atom stereocenters. The first-order chi connectivity index (χ1) is 23.3. The van der Waals surface area contributed by atoms with Crippen molar-refractivity contribution < 1.29 is 43.9 Å². The van der Waals surface area contributed by atoms with Crippen LogP contribution in [0, 0.1) is 17.8 Å². The fourth-order valence-corrected chi connectivity index (χ4v) is 7.31. The molecule has 3 saturated heterocycles. The van der Waals surface area contributed by atoms with Gasteiger partial charge in [0.25, 0.3) is 0 Å². The van der Waals surface area contributed by atoms with Crippen molar-refractivity contribution in [1.82, 2.24) is 9.80 Å². The van der Waals surface area contributed by atoms with Gasteiger partial charge in [0, 0.05) is 63.7 Å². The molecule has 4 rings (SSSR count). The van der Waals surface area contributed by atoms with E-state index in [0.29, 0.717) is 44.8 Å². The minimum atomic E-state index is -1.13. The summed E-state index contributed by atoms with van der Waals surface area (Å²) in [4.78, 5) is 30.5. The Hall–Kier alpha value is -2.28. The number of amides is 1. The first kappa shape index (κ1) is 39.5. The molecule has 0 radical (unpaired) electrons. The Morgan fingerprint density at radius 1 is 1.12 bits per heavy atom. The maximum atomic E-state index is 13.4. The SMILES string of the molecule is CCC(O)C(C)C1OC1CC(C)(O)/C=C/C=C(\C)C1OC(=O)CC(O)CCC(C)C(OC(=O)N2CCN(C3CCOCC3)CC2)/C=C\C1C. The van der Waals surface area contributed by atoms with Crippen LogP contribution in [0.2, 0.25) is 0 Å². The minimum absolute atomic E-state index is 0.00444. The van der Waals surface area contributed by atoms with Gasteiger partial charge >= 0.3 is 12.1 Å². The van der Waals surface area contributed by atoms with E-state index in [2.05, 4.69) is 4.90 Å².